The topological polar surface area (TPSA) is 59.2 Å². The molecule has 0 saturated heterocycles. The number of benzene rings is 1. The highest BCUT2D eigenvalue weighted by atomic mass is 32.1. The van der Waals surface area contributed by atoms with Crippen molar-refractivity contribution in [3.8, 4) is 5.75 Å². The van der Waals surface area contributed by atoms with Crippen LogP contribution in [0.3, 0.4) is 0 Å². The molecule has 23 heavy (non-hydrogen) atoms. The molecule has 0 unspecified atom stereocenters. The number of carbonyl (C=O) groups is 2. The number of methoxy groups -OCH3 is 1. The summed E-state index contributed by atoms with van der Waals surface area (Å²) in [6.45, 7) is 0. The van der Waals surface area contributed by atoms with Crippen molar-refractivity contribution >= 4 is 23.4 Å². The number of ketones is 1. The number of hydrogen-bond acceptors (Lipinski definition) is 4. The summed E-state index contributed by atoms with van der Waals surface area (Å²) in [5, 5.41) is 0. The molecular weight excluding hydrogens is 310 g/mol. The van der Waals surface area contributed by atoms with Gasteiger partial charge < -0.3 is 9.72 Å². The first kappa shape index (κ1) is 15.2. The number of carbonyl (C=O) groups excluding carboxylic acids is 2. The molecular formula is C18H15NO3S. The molecule has 2 heterocycles. The van der Waals surface area contributed by atoms with E-state index in [0.717, 1.165) is 22.6 Å². The molecule has 1 N–H and O–H groups in total. The molecule has 0 fully saturated rings. The van der Waals surface area contributed by atoms with Gasteiger partial charge in [0.05, 0.1) is 17.7 Å². The number of ether oxygens (including phenoxy) is 1. The maximum absolute atomic E-state index is 12.5. The standard InChI is InChI=1S/C18H15NO3S/c1-22-15-6-2-12(3-7-15)18(21)17-9-8-16(23-17)10-13-4-5-14(11-20)19-13/h2-9,11,19H,10H2,1H3. The predicted molar refractivity (Wildman–Crippen MR) is 89.7 cm³/mol. The van der Waals surface area contributed by atoms with E-state index in [1.54, 1.807) is 37.4 Å². The van der Waals surface area contributed by atoms with E-state index < -0.39 is 0 Å². The zero-order valence-corrected chi connectivity index (χ0v) is 13.4. The van der Waals surface area contributed by atoms with E-state index in [1.165, 1.54) is 11.3 Å². The number of H-pyrrole nitrogens is 1. The average Bonchev–Trinajstić information content (AvgIpc) is 3.24. The minimum atomic E-state index is 0.00368. The summed E-state index contributed by atoms with van der Waals surface area (Å²) in [6, 6.07) is 14.5. The lowest BCUT2D eigenvalue weighted by Gasteiger charge is -2.01. The Morgan fingerprint density at radius 2 is 1.91 bits per heavy atom. The van der Waals surface area contributed by atoms with E-state index in [1.807, 2.05) is 18.2 Å². The van der Waals surface area contributed by atoms with Crippen LogP contribution in [-0.2, 0) is 6.42 Å². The van der Waals surface area contributed by atoms with E-state index in [0.29, 0.717) is 22.6 Å². The number of aromatic amines is 1. The van der Waals surface area contributed by atoms with E-state index in [9.17, 15) is 9.59 Å². The number of thiophene rings is 1. The van der Waals surface area contributed by atoms with Crippen LogP contribution < -0.4 is 4.74 Å². The maximum Gasteiger partial charge on any atom is 0.202 e. The quantitative estimate of drug-likeness (QED) is 0.555. The summed E-state index contributed by atoms with van der Waals surface area (Å²) in [5.41, 5.74) is 2.16. The van der Waals surface area contributed by atoms with Gasteiger partial charge in [0.15, 0.2) is 6.29 Å². The molecule has 0 aliphatic rings. The Morgan fingerprint density at radius 1 is 1.13 bits per heavy atom. The van der Waals surface area contributed by atoms with Crippen molar-refractivity contribution in [1.82, 2.24) is 4.98 Å². The van der Waals surface area contributed by atoms with Gasteiger partial charge in [-0.2, -0.15) is 0 Å². The summed E-state index contributed by atoms with van der Waals surface area (Å²) in [4.78, 5) is 28.0. The van der Waals surface area contributed by atoms with E-state index >= 15 is 0 Å². The monoisotopic (exact) mass is 325 g/mol. The molecule has 0 spiro atoms. The molecule has 4 nitrogen and oxygen atoms in total. The summed E-state index contributed by atoms with van der Waals surface area (Å²) in [7, 11) is 1.60. The lowest BCUT2D eigenvalue weighted by molar-refractivity contribution is 0.104. The molecule has 0 atom stereocenters. The summed E-state index contributed by atoms with van der Waals surface area (Å²) in [6.07, 6.45) is 1.46. The first-order valence-corrected chi connectivity index (χ1v) is 7.92. The van der Waals surface area contributed by atoms with Gasteiger partial charge in [-0.05, 0) is 48.5 Å². The van der Waals surface area contributed by atoms with Crippen LogP contribution in [-0.4, -0.2) is 24.2 Å². The van der Waals surface area contributed by atoms with Crippen molar-refractivity contribution in [2.24, 2.45) is 0 Å². The molecule has 2 aromatic heterocycles. The van der Waals surface area contributed by atoms with Crippen LogP contribution in [0.15, 0.2) is 48.5 Å². The predicted octanol–water partition coefficient (Wildman–Crippen LogP) is 3.72. The fourth-order valence-electron chi connectivity index (χ4n) is 2.30. The van der Waals surface area contributed by atoms with Crippen molar-refractivity contribution in [1.29, 1.82) is 0 Å². The highest BCUT2D eigenvalue weighted by molar-refractivity contribution is 7.14. The smallest absolute Gasteiger partial charge is 0.202 e. The fraction of sp³-hybridized carbons (Fsp3) is 0.111. The van der Waals surface area contributed by atoms with Gasteiger partial charge in [-0.3, -0.25) is 9.59 Å². The fourth-order valence-corrected chi connectivity index (χ4v) is 3.29. The van der Waals surface area contributed by atoms with E-state index in [2.05, 4.69) is 4.98 Å². The molecule has 0 bridgehead atoms. The Labute approximate surface area is 137 Å². The highest BCUT2D eigenvalue weighted by Crippen LogP contribution is 2.23. The van der Waals surface area contributed by atoms with Gasteiger partial charge in [0.1, 0.15) is 5.75 Å². The summed E-state index contributed by atoms with van der Waals surface area (Å²) in [5.74, 6) is 0.732. The van der Waals surface area contributed by atoms with Gasteiger partial charge in [0, 0.05) is 22.6 Å². The van der Waals surface area contributed by atoms with Crippen LogP contribution in [0.25, 0.3) is 0 Å². The summed E-state index contributed by atoms with van der Waals surface area (Å²) >= 11 is 1.47. The normalized spacial score (nSPS) is 10.5. The van der Waals surface area contributed by atoms with Crippen LogP contribution >= 0.6 is 11.3 Å². The second kappa shape index (κ2) is 6.62. The molecule has 5 heteroatoms. The average molecular weight is 325 g/mol. The van der Waals surface area contributed by atoms with Crippen LogP contribution in [0.1, 0.15) is 36.3 Å². The molecule has 0 radical (unpaired) electrons. The molecule has 0 aliphatic carbocycles. The summed E-state index contributed by atoms with van der Waals surface area (Å²) < 4.78 is 5.10. The molecule has 3 rings (SSSR count). The molecule has 0 aliphatic heterocycles. The van der Waals surface area contributed by atoms with E-state index in [-0.39, 0.29) is 5.78 Å². The van der Waals surface area contributed by atoms with Crippen molar-refractivity contribution in [3.63, 3.8) is 0 Å². The Kier molecular flexibility index (Phi) is 4.39. The zero-order chi connectivity index (χ0) is 16.2. The van der Waals surface area contributed by atoms with Gasteiger partial charge in [-0.1, -0.05) is 0 Å². The number of rotatable bonds is 6. The third kappa shape index (κ3) is 3.40. The third-order valence-electron chi connectivity index (χ3n) is 3.50. The van der Waals surface area contributed by atoms with Crippen molar-refractivity contribution in [2.75, 3.05) is 7.11 Å². The number of aldehydes is 1. The van der Waals surface area contributed by atoms with Crippen molar-refractivity contribution < 1.29 is 14.3 Å². The highest BCUT2D eigenvalue weighted by Gasteiger charge is 2.12. The third-order valence-corrected chi connectivity index (χ3v) is 4.58. The number of hydrogen-bond donors (Lipinski definition) is 1. The Hall–Kier alpha value is -2.66. The van der Waals surface area contributed by atoms with E-state index in [4.69, 9.17) is 4.74 Å². The van der Waals surface area contributed by atoms with Crippen LogP contribution in [0, 0.1) is 0 Å². The Morgan fingerprint density at radius 3 is 2.57 bits per heavy atom. The first-order chi connectivity index (χ1) is 11.2. The number of nitrogens with one attached hydrogen (secondary N) is 1. The minimum Gasteiger partial charge on any atom is -0.497 e. The molecule has 3 aromatic rings. The molecule has 116 valence electrons. The van der Waals surface area contributed by atoms with Gasteiger partial charge in [-0.15, -0.1) is 11.3 Å². The molecule has 0 saturated carbocycles. The number of aromatic nitrogens is 1. The van der Waals surface area contributed by atoms with Crippen LogP contribution in [0.4, 0.5) is 0 Å². The second-order valence-corrected chi connectivity index (χ2v) is 6.23. The van der Waals surface area contributed by atoms with Gasteiger partial charge in [0.25, 0.3) is 0 Å². The maximum atomic E-state index is 12.5. The largest absolute Gasteiger partial charge is 0.497 e. The Balaban J connectivity index is 1.74. The second-order valence-electron chi connectivity index (χ2n) is 5.06. The lowest BCUT2D eigenvalue weighted by atomic mass is 10.1. The van der Waals surface area contributed by atoms with Gasteiger partial charge in [-0.25, -0.2) is 0 Å². The van der Waals surface area contributed by atoms with Crippen LogP contribution in [0.5, 0.6) is 5.75 Å². The SMILES string of the molecule is COc1ccc(C(=O)c2ccc(Cc3ccc(C=O)[nH]3)s2)cc1. The van der Waals surface area contributed by atoms with Crippen molar-refractivity contribution in [3.05, 3.63) is 75.2 Å². The lowest BCUT2D eigenvalue weighted by Crippen LogP contribution is -1.98. The zero-order valence-electron chi connectivity index (χ0n) is 12.5. The van der Waals surface area contributed by atoms with Crippen LogP contribution in [0.2, 0.25) is 0 Å². The molecule has 1 aromatic carbocycles. The van der Waals surface area contributed by atoms with Crippen molar-refractivity contribution in [2.45, 2.75) is 6.42 Å². The molecule has 0 amide bonds. The van der Waals surface area contributed by atoms with Gasteiger partial charge >= 0.3 is 0 Å². The minimum absolute atomic E-state index is 0.00368. The van der Waals surface area contributed by atoms with Gasteiger partial charge in [0.2, 0.25) is 5.78 Å². The Bertz CT molecular complexity index is 830. The first-order valence-electron chi connectivity index (χ1n) is 7.10.